The van der Waals surface area contributed by atoms with E-state index in [0.717, 1.165) is 0 Å². The first-order valence-electron chi connectivity index (χ1n) is 33.8. The summed E-state index contributed by atoms with van der Waals surface area (Å²) in [7, 11) is 0. The van der Waals surface area contributed by atoms with Gasteiger partial charge in [-0.25, -0.2) is 4.79 Å². The lowest BCUT2D eigenvalue weighted by Gasteiger charge is -2.29. The average Bonchev–Trinajstić information content (AvgIpc) is 0.854. The maximum atomic E-state index is 14.3. The molecule has 3 aromatic carbocycles. The molecule has 3 rings (SSSR count). The van der Waals surface area contributed by atoms with Crippen molar-refractivity contribution in [3.8, 4) is 0 Å². The molecule has 0 aromatic heterocycles. The number of carbonyl (C=O) groups excluding carboxylic acids is 13. The largest absolute Gasteiger partial charge is 0.481 e. The van der Waals surface area contributed by atoms with Crippen LogP contribution in [0, 0.1) is 17.2 Å². The molecule has 39 nitrogen and oxygen atoms in total. The third kappa shape index (κ3) is 33.4. The van der Waals surface area contributed by atoms with Crippen molar-refractivity contribution in [1.82, 2.24) is 69.1 Å². The van der Waals surface area contributed by atoms with Crippen LogP contribution in [0.2, 0.25) is 0 Å². The number of guanidine groups is 1. The van der Waals surface area contributed by atoms with Crippen LogP contribution in [0.5, 0.6) is 0 Å². The minimum atomic E-state index is -2.10. The summed E-state index contributed by atoms with van der Waals surface area (Å²) < 4.78 is 0. The van der Waals surface area contributed by atoms with E-state index < -0.39 is 237 Å². The number of aliphatic hydroxyl groups is 1. The molecule has 0 aliphatic heterocycles. The highest BCUT2D eigenvalue weighted by Crippen LogP contribution is 2.14. The third-order valence-electron chi connectivity index (χ3n) is 16.1. The van der Waals surface area contributed by atoms with E-state index >= 15 is 0 Å². The van der Waals surface area contributed by atoms with Crippen molar-refractivity contribution in [3.05, 3.63) is 108 Å². The van der Waals surface area contributed by atoms with Gasteiger partial charge < -0.3 is 112 Å². The Bertz CT molecular complexity index is 3610. The van der Waals surface area contributed by atoms with Crippen molar-refractivity contribution in [3.63, 3.8) is 0 Å². The molecule has 25 N–H and O–H groups in total. The van der Waals surface area contributed by atoms with Crippen LogP contribution in [-0.4, -0.2) is 225 Å². The molecule has 0 unspecified atom stereocenters. The van der Waals surface area contributed by atoms with Crippen molar-refractivity contribution >= 4 is 107 Å². The lowest BCUT2D eigenvalue weighted by atomic mass is 9.96. The van der Waals surface area contributed by atoms with Gasteiger partial charge in [-0.1, -0.05) is 125 Å². The zero-order valence-electron chi connectivity index (χ0n) is 59.2. The number of carbonyl (C=O) groups is 17. The SMILES string of the molecule is CC[C@H](C)[C@H](NC(=O)[C@H](CCC(=O)O)NC(=O)[C@H](CC(=O)O)NC(=O)[C@H](Cc1ccccc1)NC(=O)[C@@H](N)CC(N)=O)C(=O)N[C@@H](CC(=O)O)C(=O)N[C@@H](CCCNC(=N)N)C(=O)N[C@@H](CO)C(=O)NCC(=O)N[C@@H](Cc1ccccc1)C(=O)NCC(=O)N[C@@H](Cc1ccccc1)C(=O)N[C@H](C(=O)O)C(C)C. The van der Waals surface area contributed by atoms with E-state index in [4.69, 9.17) is 22.6 Å². The highest BCUT2D eigenvalue weighted by atomic mass is 16.4. The summed E-state index contributed by atoms with van der Waals surface area (Å²) in [5.74, 6) is -22.7. The molecule has 12 atom stereocenters. The van der Waals surface area contributed by atoms with Crippen LogP contribution in [0.15, 0.2) is 91.0 Å². The van der Waals surface area contributed by atoms with Crippen LogP contribution in [0.3, 0.4) is 0 Å². The van der Waals surface area contributed by atoms with Crippen LogP contribution in [0.25, 0.3) is 0 Å². The number of aliphatic hydroxyl groups excluding tert-OH is 1. The molecule has 0 aliphatic rings. The number of hydrogen-bond donors (Lipinski definition) is 22. The maximum absolute atomic E-state index is 14.3. The Labute approximate surface area is 613 Å². The Hall–Kier alpha value is -12.2. The number of nitrogens with one attached hydrogen (secondary N) is 14. The zero-order chi connectivity index (χ0) is 80.0. The molecular weight excluding hydrogens is 1410 g/mol. The van der Waals surface area contributed by atoms with Gasteiger partial charge in [0.25, 0.3) is 0 Å². The predicted octanol–water partition coefficient (Wildman–Crippen LogP) is -6.15. The van der Waals surface area contributed by atoms with Gasteiger partial charge in [-0.15, -0.1) is 0 Å². The van der Waals surface area contributed by atoms with E-state index in [-0.39, 0.29) is 45.1 Å². The summed E-state index contributed by atoms with van der Waals surface area (Å²) in [6.45, 7) is 3.18. The number of hydrogen-bond acceptors (Lipinski definition) is 20. The second-order valence-electron chi connectivity index (χ2n) is 25.1. The number of carboxylic acids is 4. The molecule has 0 radical (unpaired) electrons. The Kier molecular flexibility index (Phi) is 38.1. The second-order valence-corrected chi connectivity index (χ2v) is 25.1. The normalized spacial score (nSPS) is 14.2. The molecule has 0 aliphatic carbocycles. The lowest BCUT2D eigenvalue weighted by Crippen LogP contribution is -2.61. The fraction of sp³-hybridized carbons (Fsp3) is 0.471. The molecule has 584 valence electrons. The smallest absolute Gasteiger partial charge is 0.326 e. The maximum Gasteiger partial charge on any atom is 0.326 e. The summed E-state index contributed by atoms with van der Waals surface area (Å²) >= 11 is 0. The number of nitrogens with two attached hydrogens (primary N) is 3. The summed E-state index contributed by atoms with van der Waals surface area (Å²) in [5.41, 5.74) is 18.0. The fourth-order valence-corrected chi connectivity index (χ4v) is 10.2. The number of carboxylic acid groups (broad SMARTS) is 4. The molecule has 13 amide bonds. The summed E-state index contributed by atoms with van der Waals surface area (Å²) in [6.07, 6.45) is -5.57. The van der Waals surface area contributed by atoms with Gasteiger partial charge in [0.15, 0.2) is 5.96 Å². The van der Waals surface area contributed by atoms with Gasteiger partial charge in [0, 0.05) is 32.2 Å². The van der Waals surface area contributed by atoms with Crippen LogP contribution in [0.1, 0.15) is 95.8 Å². The zero-order valence-corrected chi connectivity index (χ0v) is 59.2. The van der Waals surface area contributed by atoms with Gasteiger partial charge in [0.2, 0.25) is 76.8 Å². The van der Waals surface area contributed by atoms with Gasteiger partial charge in [0.1, 0.15) is 60.4 Å². The van der Waals surface area contributed by atoms with Gasteiger partial charge in [0.05, 0.1) is 45.0 Å². The Balaban J connectivity index is 1.84. The first-order chi connectivity index (χ1) is 50.5. The number of aliphatic carboxylic acids is 4. The monoisotopic (exact) mass is 1500 g/mol. The number of primary amides is 1. The molecule has 39 heteroatoms. The minimum absolute atomic E-state index is 0.0526. The van der Waals surface area contributed by atoms with E-state index in [2.05, 4.69) is 69.1 Å². The van der Waals surface area contributed by atoms with Gasteiger partial charge in [-0.3, -0.25) is 82.1 Å². The molecule has 107 heavy (non-hydrogen) atoms. The van der Waals surface area contributed by atoms with E-state index in [9.17, 15) is 107 Å². The van der Waals surface area contributed by atoms with Crippen LogP contribution in [-0.2, 0) is 101 Å². The Morgan fingerprint density at radius 1 is 0.411 bits per heavy atom. The first-order valence-corrected chi connectivity index (χ1v) is 33.8. The molecule has 0 saturated heterocycles. The number of benzene rings is 3. The fourth-order valence-electron chi connectivity index (χ4n) is 10.2. The molecule has 0 heterocycles. The summed E-state index contributed by atoms with van der Waals surface area (Å²) in [6, 6.07) is 5.87. The standard InChI is InChI=1S/C68H95N17O22/c1-5-36(4)56(85-61(100)42(23-24-52(90)91)79-63(102)46(30-53(92)93)81-62(101)45(28-39-20-13-8-14-21-39)80-57(96)40(69)29-49(70)87)66(105)82-47(31-54(94)95)64(103)78-41(22-15-25-73-68(71)72)60(99)83-48(34-86)59(98)75-33-50(88)76-43(26-37-16-9-6-10-17-37)58(97)74-32-51(89)77-44(27-38-18-11-7-12-19-38)65(104)84-55(35(2)3)67(106)107/h6-14,16-21,35-36,40-48,55-56,86H,5,15,22-34,69H2,1-4H3,(H2,70,87)(H,74,97)(H,75,98)(H,76,88)(H,77,89)(H,78,103)(H,79,102)(H,80,96)(H,81,101)(H,82,105)(H,83,99)(H,84,104)(H,85,100)(H,90,91)(H,92,93)(H,94,95)(H,106,107)(H4,71,72,73)/t36-,40-,41-,42-,43-,44-,45-,46-,47-,48-,55-,56-/m0/s1. The van der Waals surface area contributed by atoms with E-state index in [1.54, 1.807) is 112 Å². The highest BCUT2D eigenvalue weighted by Gasteiger charge is 2.38. The van der Waals surface area contributed by atoms with Crippen LogP contribution < -0.4 is 86.3 Å². The van der Waals surface area contributed by atoms with Crippen molar-refractivity contribution in [1.29, 1.82) is 5.41 Å². The third-order valence-corrected chi connectivity index (χ3v) is 16.1. The average molecular weight is 1500 g/mol. The Morgan fingerprint density at radius 3 is 1.19 bits per heavy atom. The van der Waals surface area contributed by atoms with Crippen molar-refractivity contribution in [2.24, 2.45) is 29.0 Å². The van der Waals surface area contributed by atoms with Gasteiger partial charge >= 0.3 is 23.9 Å². The highest BCUT2D eigenvalue weighted by molar-refractivity contribution is 6.01. The summed E-state index contributed by atoms with van der Waals surface area (Å²) in [4.78, 5) is 225. The van der Waals surface area contributed by atoms with Gasteiger partial charge in [-0.2, -0.15) is 0 Å². The molecule has 0 spiro atoms. The first kappa shape index (κ1) is 89.1. The van der Waals surface area contributed by atoms with Gasteiger partial charge in [-0.05, 0) is 47.8 Å². The number of amides is 13. The van der Waals surface area contributed by atoms with E-state index in [1.165, 1.54) is 6.92 Å². The van der Waals surface area contributed by atoms with E-state index in [1.807, 2.05) is 0 Å². The van der Waals surface area contributed by atoms with Crippen molar-refractivity contribution in [2.45, 2.75) is 165 Å². The molecule has 0 fully saturated rings. The predicted molar refractivity (Wildman–Crippen MR) is 377 cm³/mol. The molecule has 3 aromatic rings. The summed E-state index contributed by atoms with van der Waals surface area (Å²) in [5, 5.41) is 87.4. The lowest BCUT2D eigenvalue weighted by molar-refractivity contribution is -0.143. The quantitative estimate of drug-likeness (QED) is 0.0142. The number of rotatable bonds is 48. The molecular formula is C68H95N17O22. The van der Waals surface area contributed by atoms with Crippen LogP contribution >= 0.6 is 0 Å². The topological polar surface area (TPSA) is 650 Å². The molecule has 0 bridgehead atoms. The van der Waals surface area contributed by atoms with E-state index in [0.29, 0.717) is 16.7 Å². The Morgan fingerprint density at radius 2 is 0.776 bits per heavy atom. The van der Waals surface area contributed by atoms with Crippen molar-refractivity contribution in [2.75, 3.05) is 26.2 Å². The van der Waals surface area contributed by atoms with Crippen LogP contribution in [0.4, 0.5) is 0 Å². The molecule has 0 saturated carbocycles. The van der Waals surface area contributed by atoms with Crippen molar-refractivity contribution < 1.29 is 107 Å². The second kappa shape index (κ2) is 45.8. The minimum Gasteiger partial charge on any atom is -0.481 e.